The maximum atomic E-state index is 11.6. The average molecular weight is 251 g/mol. The number of pyridine rings is 1. The fourth-order valence-corrected chi connectivity index (χ4v) is 1.41. The Morgan fingerprint density at radius 2 is 2.17 bits per heavy atom. The van der Waals surface area contributed by atoms with Crippen LogP contribution in [-0.2, 0) is 11.3 Å². The molecule has 1 heterocycles. The third-order valence-electron chi connectivity index (χ3n) is 2.31. The number of carbonyl (C=O) groups is 2. The number of aryl methyl sites for hydroxylation is 1. The molecule has 1 aromatic heterocycles. The van der Waals surface area contributed by atoms with Crippen LogP contribution in [0.4, 0.5) is 4.79 Å². The maximum absolute atomic E-state index is 11.6. The first-order chi connectivity index (χ1) is 8.49. The molecule has 0 spiro atoms. The quantitative estimate of drug-likeness (QED) is 0.818. The van der Waals surface area contributed by atoms with E-state index in [0.717, 1.165) is 11.4 Å². The standard InChI is InChI=1S/C12H17N3O3/c1-9-4-3-5-10(14-9)8-15(2)12(18)13-7-6-11(16)17/h3-5H,6-8H2,1-2H3,(H,13,18)(H,16,17). The van der Waals surface area contributed by atoms with E-state index in [1.54, 1.807) is 7.05 Å². The van der Waals surface area contributed by atoms with Crippen molar-refractivity contribution in [1.29, 1.82) is 0 Å². The molecule has 0 unspecified atom stereocenters. The molecule has 1 aromatic rings. The van der Waals surface area contributed by atoms with E-state index < -0.39 is 5.97 Å². The van der Waals surface area contributed by atoms with E-state index in [-0.39, 0.29) is 19.0 Å². The largest absolute Gasteiger partial charge is 0.481 e. The molecular weight excluding hydrogens is 234 g/mol. The van der Waals surface area contributed by atoms with Crippen LogP contribution in [0.1, 0.15) is 17.8 Å². The Balaban J connectivity index is 2.42. The van der Waals surface area contributed by atoms with Gasteiger partial charge in [0.2, 0.25) is 0 Å². The molecule has 2 N–H and O–H groups in total. The van der Waals surface area contributed by atoms with Crippen LogP contribution in [-0.4, -0.2) is 40.6 Å². The summed E-state index contributed by atoms with van der Waals surface area (Å²) in [5.41, 5.74) is 1.69. The lowest BCUT2D eigenvalue weighted by molar-refractivity contribution is -0.136. The molecule has 0 aliphatic heterocycles. The molecule has 0 aromatic carbocycles. The molecule has 0 aliphatic carbocycles. The van der Waals surface area contributed by atoms with Gasteiger partial charge in [-0.1, -0.05) is 6.07 Å². The van der Waals surface area contributed by atoms with Gasteiger partial charge in [0.25, 0.3) is 0 Å². The molecule has 6 heteroatoms. The minimum Gasteiger partial charge on any atom is -0.481 e. The second kappa shape index (κ2) is 6.58. The predicted molar refractivity (Wildman–Crippen MR) is 66.1 cm³/mol. The van der Waals surface area contributed by atoms with Crippen molar-refractivity contribution < 1.29 is 14.7 Å². The lowest BCUT2D eigenvalue weighted by Crippen LogP contribution is -2.37. The summed E-state index contributed by atoms with van der Waals surface area (Å²) in [6, 6.07) is 5.30. The maximum Gasteiger partial charge on any atom is 0.317 e. The van der Waals surface area contributed by atoms with Crippen LogP contribution in [0.25, 0.3) is 0 Å². The monoisotopic (exact) mass is 251 g/mol. The van der Waals surface area contributed by atoms with E-state index in [1.165, 1.54) is 4.90 Å². The molecule has 0 radical (unpaired) electrons. The van der Waals surface area contributed by atoms with Gasteiger partial charge in [-0.2, -0.15) is 0 Å². The van der Waals surface area contributed by atoms with E-state index in [4.69, 9.17) is 5.11 Å². The van der Waals surface area contributed by atoms with Gasteiger partial charge in [0, 0.05) is 19.3 Å². The Hall–Kier alpha value is -2.11. The van der Waals surface area contributed by atoms with Crippen molar-refractivity contribution in [3.05, 3.63) is 29.6 Å². The number of carboxylic acids is 1. The smallest absolute Gasteiger partial charge is 0.317 e. The molecule has 0 fully saturated rings. The molecule has 2 amide bonds. The Morgan fingerprint density at radius 1 is 1.44 bits per heavy atom. The van der Waals surface area contributed by atoms with Crippen molar-refractivity contribution in [3.8, 4) is 0 Å². The molecule has 6 nitrogen and oxygen atoms in total. The van der Waals surface area contributed by atoms with Gasteiger partial charge in [-0.25, -0.2) is 4.79 Å². The summed E-state index contributed by atoms with van der Waals surface area (Å²) in [6.45, 7) is 2.40. The number of aromatic nitrogens is 1. The highest BCUT2D eigenvalue weighted by Gasteiger charge is 2.09. The zero-order valence-corrected chi connectivity index (χ0v) is 10.5. The fraction of sp³-hybridized carbons (Fsp3) is 0.417. The first-order valence-electron chi connectivity index (χ1n) is 5.62. The second-order valence-electron chi connectivity index (χ2n) is 4.00. The van der Waals surface area contributed by atoms with Gasteiger partial charge in [-0.15, -0.1) is 0 Å². The van der Waals surface area contributed by atoms with Gasteiger partial charge in [0.1, 0.15) is 0 Å². The first kappa shape index (κ1) is 14.0. The first-order valence-corrected chi connectivity index (χ1v) is 5.62. The van der Waals surface area contributed by atoms with Crippen LogP contribution in [0.15, 0.2) is 18.2 Å². The number of nitrogens with zero attached hydrogens (tertiary/aromatic N) is 2. The molecule has 0 bridgehead atoms. The van der Waals surface area contributed by atoms with E-state index in [1.807, 2.05) is 25.1 Å². The molecule has 0 atom stereocenters. The van der Waals surface area contributed by atoms with E-state index in [0.29, 0.717) is 6.54 Å². The molecule has 0 saturated carbocycles. The Labute approximate surface area is 106 Å². The van der Waals surface area contributed by atoms with Crippen LogP contribution >= 0.6 is 0 Å². The zero-order valence-electron chi connectivity index (χ0n) is 10.5. The normalized spacial score (nSPS) is 9.89. The van der Waals surface area contributed by atoms with Crippen molar-refractivity contribution >= 4 is 12.0 Å². The van der Waals surface area contributed by atoms with Gasteiger partial charge in [0.15, 0.2) is 0 Å². The van der Waals surface area contributed by atoms with Crippen LogP contribution in [0.2, 0.25) is 0 Å². The van der Waals surface area contributed by atoms with Crippen molar-refractivity contribution in [2.24, 2.45) is 0 Å². The predicted octanol–water partition coefficient (Wildman–Crippen LogP) is 1.01. The number of rotatable bonds is 5. The van der Waals surface area contributed by atoms with Crippen LogP contribution < -0.4 is 5.32 Å². The third kappa shape index (κ3) is 4.82. The highest BCUT2D eigenvalue weighted by molar-refractivity contribution is 5.74. The molecule has 0 saturated heterocycles. The van der Waals surface area contributed by atoms with Crippen molar-refractivity contribution in [1.82, 2.24) is 15.2 Å². The van der Waals surface area contributed by atoms with Gasteiger partial charge in [-0.3, -0.25) is 9.78 Å². The van der Waals surface area contributed by atoms with Crippen molar-refractivity contribution in [2.75, 3.05) is 13.6 Å². The number of carboxylic acid groups (broad SMARTS) is 1. The number of aliphatic carboxylic acids is 1. The summed E-state index contributed by atoms with van der Waals surface area (Å²) in [5.74, 6) is -0.932. The number of amides is 2. The number of nitrogens with one attached hydrogen (secondary N) is 1. The highest BCUT2D eigenvalue weighted by atomic mass is 16.4. The number of hydrogen-bond acceptors (Lipinski definition) is 3. The topological polar surface area (TPSA) is 82.5 Å². The van der Waals surface area contributed by atoms with Crippen LogP contribution in [0.5, 0.6) is 0 Å². The SMILES string of the molecule is Cc1cccc(CN(C)C(=O)NCCC(=O)O)n1. The number of hydrogen-bond donors (Lipinski definition) is 2. The minimum atomic E-state index is -0.932. The lowest BCUT2D eigenvalue weighted by atomic mass is 10.3. The van der Waals surface area contributed by atoms with E-state index in [9.17, 15) is 9.59 Å². The fourth-order valence-electron chi connectivity index (χ4n) is 1.41. The summed E-state index contributed by atoms with van der Waals surface area (Å²) in [5, 5.41) is 11.0. The van der Waals surface area contributed by atoms with Crippen LogP contribution in [0, 0.1) is 6.92 Å². The third-order valence-corrected chi connectivity index (χ3v) is 2.31. The lowest BCUT2D eigenvalue weighted by Gasteiger charge is -2.17. The highest BCUT2D eigenvalue weighted by Crippen LogP contribution is 2.01. The summed E-state index contributed by atoms with van der Waals surface area (Å²) in [7, 11) is 1.64. The summed E-state index contributed by atoms with van der Waals surface area (Å²) in [4.78, 5) is 27.7. The average Bonchev–Trinajstić information content (AvgIpc) is 2.28. The minimum absolute atomic E-state index is 0.0811. The van der Waals surface area contributed by atoms with E-state index in [2.05, 4.69) is 10.3 Å². The van der Waals surface area contributed by atoms with Gasteiger partial charge < -0.3 is 15.3 Å². The van der Waals surface area contributed by atoms with Gasteiger partial charge in [0.05, 0.1) is 18.7 Å². The summed E-state index contributed by atoms with van der Waals surface area (Å²) >= 11 is 0. The molecule has 18 heavy (non-hydrogen) atoms. The van der Waals surface area contributed by atoms with Crippen molar-refractivity contribution in [2.45, 2.75) is 19.9 Å². The van der Waals surface area contributed by atoms with Gasteiger partial charge in [-0.05, 0) is 19.1 Å². The second-order valence-corrected chi connectivity index (χ2v) is 4.00. The number of urea groups is 1. The summed E-state index contributed by atoms with van der Waals surface area (Å²) < 4.78 is 0. The van der Waals surface area contributed by atoms with E-state index >= 15 is 0 Å². The molecule has 0 aliphatic rings. The van der Waals surface area contributed by atoms with Crippen LogP contribution in [0.3, 0.4) is 0 Å². The Bertz CT molecular complexity index is 434. The number of carbonyl (C=O) groups excluding carboxylic acids is 1. The van der Waals surface area contributed by atoms with Gasteiger partial charge >= 0.3 is 12.0 Å². The molecular formula is C12H17N3O3. The molecule has 1 rings (SSSR count). The Morgan fingerprint density at radius 3 is 2.78 bits per heavy atom. The Kier molecular flexibility index (Phi) is 5.10. The zero-order chi connectivity index (χ0) is 13.5. The molecule has 98 valence electrons. The summed E-state index contributed by atoms with van der Waals surface area (Å²) in [6.07, 6.45) is -0.0811. The van der Waals surface area contributed by atoms with Crippen molar-refractivity contribution in [3.63, 3.8) is 0 Å².